The van der Waals surface area contributed by atoms with Crippen molar-refractivity contribution in [2.45, 2.75) is 0 Å². The number of nitrogens with one attached hydrogen (secondary N) is 1. The second-order valence-corrected chi connectivity index (χ2v) is 5.72. The van der Waals surface area contributed by atoms with Gasteiger partial charge < -0.3 is 14.8 Å². The maximum absolute atomic E-state index is 12.2. The molecule has 2 aromatic carbocycles. The Kier molecular flexibility index (Phi) is 5.50. The van der Waals surface area contributed by atoms with E-state index in [1.807, 2.05) is 0 Å². The Labute approximate surface area is 160 Å². The van der Waals surface area contributed by atoms with Crippen LogP contribution in [0.5, 0.6) is 5.75 Å². The van der Waals surface area contributed by atoms with Crippen molar-refractivity contribution >= 4 is 35.1 Å². The first-order valence-corrected chi connectivity index (χ1v) is 8.26. The summed E-state index contributed by atoms with van der Waals surface area (Å²) in [4.78, 5) is 48.7. The molecule has 142 valence electrons. The molecule has 1 aliphatic rings. The fourth-order valence-electron chi connectivity index (χ4n) is 2.58. The molecule has 3 amide bonds. The van der Waals surface area contributed by atoms with Gasteiger partial charge in [-0.15, -0.1) is 0 Å². The number of anilines is 2. The Morgan fingerprint density at radius 3 is 2.43 bits per heavy atom. The molecule has 0 radical (unpaired) electrons. The number of carbonyl (C=O) groups is 4. The quantitative estimate of drug-likeness (QED) is 0.607. The van der Waals surface area contributed by atoms with Crippen molar-refractivity contribution < 1.29 is 28.7 Å². The lowest BCUT2D eigenvalue weighted by Crippen LogP contribution is -2.29. The number of carbonyl (C=O) groups excluding carboxylic acids is 4. The number of esters is 1. The van der Waals surface area contributed by atoms with E-state index in [2.05, 4.69) is 5.32 Å². The molecule has 0 aromatic heterocycles. The van der Waals surface area contributed by atoms with Gasteiger partial charge in [-0.3, -0.25) is 14.4 Å². The number of imide groups is 1. The largest absolute Gasteiger partial charge is 0.495 e. The zero-order chi connectivity index (χ0) is 20.1. The average molecular weight is 380 g/mol. The smallest absolute Gasteiger partial charge is 0.338 e. The first-order valence-electron chi connectivity index (χ1n) is 8.26. The molecule has 1 heterocycles. The van der Waals surface area contributed by atoms with Crippen LogP contribution >= 0.6 is 0 Å². The third kappa shape index (κ3) is 4.07. The van der Waals surface area contributed by atoms with Crippen LogP contribution in [0.3, 0.4) is 0 Å². The van der Waals surface area contributed by atoms with Crippen LogP contribution in [0.4, 0.5) is 11.4 Å². The zero-order valence-corrected chi connectivity index (χ0v) is 14.9. The SMILES string of the molecule is COc1ccccc1NC(=O)COC(=O)c1cccc(N2C(=O)C=CC2=O)c1. The molecular formula is C20H16N2O6. The molecule has 0 saturated heterocycles. The van der Waals surface area contributed by atoms with Gasteiger partial charge in [0.1, 0.15) is 5.75 Å². The molecule has 8 heteroatoms. The van der Waals surface area contributed by atoms with Gasteiger partial charge >= 0.3 is 5.97 Å². The fourth-order valence-corrected chi connectivity index (χ4v) is 2.58. The van der Waals surface area contributed by atoms with Gasteiger partial charge in [-0.05, 0) is 30.3 Å². The first kappa shape index (κ1) is 18.8. The number of hydrogen-bond donors (Lipinski definition) is 1. The number of ether oxygens (including phenoxy) is 2. The number of nitrogens with zero attached hydrogens (tertiary/aromatic N) is 1. The van der Waals surface area contributed by atoms with Crippen molar-refractivity contribution in [1.29, 1.82) is 0 Å². The van der Waals surface area contributed by atoms with Gasteiger partial charge in [0, 0.05) is 12.2 Å². The van der Waals surface area contributed by atoms with E-state index >= 15 is 0 Å². The molecule has 1 aliphatic heterocycles. The van der Waals surface area contributed by atoms with Crippen molar-refractivity contribution in [3.63, 3.8) is 0 Å². The Morgan fingerprint density at radius 1 is 1.00 bits per heavy atom. The normalized spacial score (nSPS) is 12.8. The highest BCUT2D eigenvalue weighted by atomic mass is 16.5. The molecule has 0 saturated carbocycles. The molecule has 0 atom stereocenters. The van der Waals surface area contributed by atoms with Gasteiger partial charge in [0.05, 0.1) is 24.0 Å². The maximum Gasteiger partial charge on any atom is 0.338 e. The van der Waals surface area contributed by atoms with Crippen LogP contribution < -0.4 is 15.0 Å². The van der Waals surface area contributed by atoms with Gasteiger partial charge in [-0.1, -0.05) is 18.2 Å². The molecule has 0 unspecified atom stereocenters. The Morgan fingerprint density at radius 2 is 1.71 bits per heavy atom. The third-order valence-electron chi connectivity index (χ3n) is 3.86. The minimum atomic E-state index is -0.760. The summed E-state index contributed by atoms with van der Waals surface area (Å²) in [5.41, 5.74) is 0.801. The van der Waals surface area contributed by atoms with Crippen molar-refractivity contribution in [2.24, 2.45) is 0 Å². The van der Waals surface area contributed by atoms with Crippen molar-refractivity contribution in [3.05, 3.63) is 66.2 Å². The molecule has 0 bridgehead atoms. The standard InChI is InChI=1S/C20H16N2O6/c1-27-16-8-3-2-7-15(16)21-17(23)12-28-20(26)13-5-4-6-14(11-13)22-18(24)9-10-19(22)25/h2-11H,12H2,1H3,(H,21,23). The summed E-state index contributed by atoms with van der Waals surface area (Å²) in [7, 11) is 1.48. The monoisotopic (exact) mass is 380 g/mol. The van der Waals surface area contributed by atoms with E-state index in [-0.39, 0.29) is 11.3 Å². The van der Waals surface area contributed by atoms with Gasteiger partial charge in [-0.2, -0.15) is 0 Å². The topological polar surface area (TPSA) is 102 Å². The average Bonchev–Trinajstić information content (AvgIpc) is 3.04. The minimum Gasteiger partial charge on any atom is -0.495 e. The van der Waals surface area contributed by atoms with Crippen LogP contribution in [-0.2, 0) is 19.1 Å². The summed E-state index contributed by atoms with van der Waals surface area (Å²) < 4.78 is 10.1. The van der Waals surface area contributed by atoms with Gasteiger partial charge in [-0.25, -0.2) is 9.69 Å². The van der Waals surface area contributed by atoms with E-state index in [1.165, 1.54) is 31.4 Å². The Balaban J connectivity index is 1.62. The molecule has 0 aliphatic carbocycles. The van der Waals surface area contributed by atoms with E-state index < -0.39 is 30.3 Å². The number of methoxy groups -OCH3 is 1. The summed E-state index contributed by atoms with van der Waals surface area (Å²) in [6, 6.07) is 12.7. The second-order valence-electron chi connectivity index (χ2n) is 5.72. The Bertz CT molecular complexity index is 964. The molecule has 3 rings (SSSR count). The summed E-state index contributed by atoms with van der Waals surface area (Å²) >= 11 is 0. The van der Waals surface area contributed by atoms with Crippen LogP contribution in [0.15, 0.2) is 60.7 Å². The number of para-hydroxylation sites is 2. The summed E-state index contributed by atoms with van der Waals surface area (Å²) in [6.45, 7) is -0.510. The van der Waals surface area contributed by atoms with E-state index in [0.29, 0.717) is 11.4 Å². The molecule has 8 nitrogen and oxygen atoms in total. The van der Waals surface area contributed by atoms with E-state index in [4.69, 9.17) is 9.47 Å². The van der Waals surface area contributed by atoms with Gasteiger partial charge in [0.2, 0.25) is 0 Å². The predicted molar refractivity (Wildman–Crippen MR) is 100.0 cm³/mol. The van der Waals surface area contributed by atoms with Crippen molar-refractivity contribution in [1.82, 2.24) is 0 Å². The van der Waals surface area contributed by atoms with E-state index in [9.17, 15) is 19.2 Å². The van der Waals surface area contributed by atoms with E-state index in [1.54, 1.807) is 24.3 Å². The predicted octanol–water partition coefficient (Wildman–Crippen LogP) is 1.92. The highest BCUT2D eigenvalue weighted by Gasteiger charge is 2.25. The zero-order valence-electron chi connectivity index (χ0n) is 14.9. The lowest BCUT2D eigenvalue weighted by Gasteiger charge is -2.14. The molecule has 0 fully saturated rings. The molecular weight excluding hydrogens is 364 g/mol. The minimum absolute atomic E-state index is 0.107. The maximum atomic E-state index is 12.2. The second kappa shape index (κ2) is 8.17. The van der Waals surface area contributed by atoms with Gasteiger partial charge in [0.15, 0.2) is 6.61 Å². The number of hydrogen-bond acceptors (Lipinski definition) is 6. The highest BCUT2D eigenvalue weighted by molar-refractivity contribution is 6.28. The fraction of sp³-hybridized carbons (Fsp3) is 0.100. The summed E-state index contributed by atoms with van der Waals surface area (Å²) in [5.74, 6) is -1.81. The number of amides is 3. The van der Waals surface area contributed by atoms with E-state index in [0.717, 1.165) is 17.1 Å². The summed E-state index contributed by atoms with van der Waals surface area (Å²) in [5, 5.41) is 2.59. The Hall–Kier alpha value is -3.94. The number of rotatable bonds is 6. The number of benzene rings is 2. The van der Waals surface area contributed by atoms with Crippen LogP contribution in [-0.4, -0.2) is 37.4 Å². The molecule has 28 heavy (non-hydrogen) atoms. The summed E-state index contributed by atoms with van der Waals surface area (Å²) in [6.07, 6.45) is 2.30. The van der Waals surface area contributed by atoms with Gasteiger partial charge in [0.25, 0.3) is 17.7 Å². The molecule has 1 N–H and O–H groups in total. The third-order valence-corrected chi connectivity index (χ3v) is 3.86. The van der Waals surface area contributed by atoms with Crippen molar-refractivity contribution in [2.75, 3.05) is 23.9 Å². The lowest BCUT2D eigenvalue weighted by atomic mass is 10.2. The molecule has 0 spiro atoms. The van der Waals surface area contributed by atoms with Crippen LogP contribution in [0, 0.1) is 0 Å². The highest BCUT2D eigenvalue weighted by Crippen LogP contribution is 2.23. The molecule has 2 aromatic rings. The van der Waals surface area contributed by atoms with Crippen LogP contribution in [0.2, 0.25) is 0 Å². The first-order chi connectivity index (χ1) is 13.5. The lowest BCUT2D eigenvalue weighted by molar-refractivity contribution is -0.120. The van der Waals surface area contributed by atoms with Crippen molar-refractivity contribution in [3.8, 4) is 5.75 Å². The van der Waals surface area contributed by atoms with Crippen LogP contribution in [0.1, 0.15) is 10.4 Å². The van der Waals surface area contributed by atoms with Crippen LogP contribution in [0.25, 0.3) is 0 Å².